The highest BCUT2D eigenvalue weighted by molar-refractivity contribution is 9.10. The van der Waals surface area contributed by atoms with Crippen LogP contribution in [0.1, 0.15) is 27.2 Å². The first kappa shape index (κ1) is 16.7. The number of nitrogens with zero attached hydrogens (tertiary/aromatic N) is 2. The Morgan fingerprint density at radius 3 is 2.73 bits per heavy atom. The summed E-state index contributed by atoms with van der Waals surface area (Å²) in [5, 5.41) is 2.77. The van der Waals surface area contributed by atoms with Gasteiger partial charge in [0.2, 0.25) is 5.91 Å². The van der Waals surface area contributed by atoms with E-state index in [-0.39, 0.29) is 17.9 Å². The number of amides is 2. The van der Waals surface area contributed by atoms with E-state index in [0.29, 0.717) is 25.3 Å². The van der Waals surface area contributed by atoms with Crippen LogP contribution in [0.5, 0.6) is 0 Å². The standard InChI is InChI=1S/C15H20BrN3O3/c1-15(2,3)22-14(21)19-7-6-10(9-19)13(20)18-12-5-4-11(16)8-17-12/h4-5,8,10H,6-7,9H2,1-3H3,(H,17,18,20). The van der Waals surface area contributed by atoms with E-state index in [4.69, 9.17) is 4.74 Å². The fourth-order valence-electron chi connectivity index (χ4n) is 2.14. The molecule has 1 saturated heterocycles. The first-order valence-corrected chi connectivity index (χ1v) is 7.94. The lowest BCUT2D eigenvalue weighted by Gasteiger charge is -2.24. The van der Waals surface area contributed by atoms with Crippen LogP contribution in [0.15, 0.2) is 22.8 Å². The van der Waals surface area contributed by atoms with E-state index >= 15 is 0 Å². The maximum atomic E-state index is 12.2. The van der Waals surface area contributed by atoms with E-state index in [2.05, 4.69) is 26.2 Å². The molecule has 7 heteroatoms. The Labute approximate surface area is 138 Å². The molecule has 22 heavy (non-hydrogen) atoms. The third kappa shape index (κ3) is 4.69. The average molecular weight is 370 g/mol. The van der Waals surface area contributed by atoms with Gasteiger partial charge in [0.25, 0.3) is 0 Å². The zero-order valence-corrected chi connectivity index (χ0v) is 14.5. The van der Waals surface area contributed by atoms with Gasteiger partial charge in [0, 0.05) is 23.8 Å². The van der Waals surface area contributed by atoms with E-state index < -0.39 is 5.60 Å². The number of ether oxygens (including phenoxy) is 1. The summed E-state index contributed by atoms with van der Waals surface area (Å²) >= 11 is 3.29. The monoisotopic (exact) mass is 369 g/mol. The van der Waals surface area contributed by atoms with Gasteiger partial charge in [-0.1, -0.05) is 0 Å². The van der Waals surface area contributed by atoms with Crippen LogP contribution >= 0.6 is 15.9 Å². The molecule has 1 aliphatic rings. The molecule has 0 bridgehead atoms. The SMILES string of the molecule is CC(C)(C)OC(=O)N1CCC(C(=O)Nc2ccc(Br)cn2)C1. The third-order valence-corrected chi connectivity index (χ3v) is 3.66. The number of hydrogen-bond donors (Lipinski definition) is 1. The molecular formula is C15H20BrN3O3. The second-order valence-corrected chi connectivity index (χ2v) is 7.18. The molecule has 2 amide bonds. The molecule has 0 spiro atoms. The van der Waals surface area contributed by atoms with Crippen molar-refractivity contribution in [1.29, 1.82) is 0 Å². The molecule has 0 radical (unpaired) electrons. The van der Waals surface area contributed by atoms with Crippen molar-refractivity contribution >= 4 is 33.7 Å². The Balaban J connectivity index is 1.88. The van der Waals surface area contributed by atoms with Gasteiger partial charge in [0.15, 0.2) is 0 Å². The molecule has 1 aromatic heterocycles. The van der Waals surface area contributed by atoms with Gasteiger partial charge in [-0.05, 0) is 55.3 Å². The molecule has 1 aliphatic heterocycles. The van der Waals surface area contributed by atoms with Crippen LogP contribution in [0.25, 0.3) is 0 Å². The Hall–Kier alpha value is -1.63. The molecule has 0 aliphatic carbocycles. The number of nitrogens with one attached hydrogen (secondary N) is 1. The van der Waals surface area contributed by atoms with E-state index in [1.807, 2.05) is 26.8 Å². The molecule has 0 aromatic carbocycles. The summed E-state index contributed by atoms with van der Waals surface area (Å²) in [5.74, 6) is 0.141. The molecule has 0 saturated carbocycles. The molecule has 1 aromatic rings. The number of hydrogen-bond acceptors (Lipinski definition) is 4. The maximum absolute atomic E-state index is 12.2. The van der Waals surface area contributed by atoms with E-state index in [1.54, 1.807) is 17.2 Å². The Kier molecular flexibility index (Phi) is 5.05. The van der Waals surface area contributed by atoms with Crippen molar-refractivity contribution in [2.45, 2.75) is 32.8 Å². The number of pyridine rings is 1. The van der Waals surface area contributed by atoms with E-state index in [1.165, 1.54) is 0 Å². The summed E-state index contributed by atoms with van der Waals surface area (Å²) in [5.41, 5.74) is -0.529. The minimum Gasteiger partial charge on any atom is -0.444 e. The number of carbonyl (C=O) groups is 2. The smallest absolute Gasteiger partial charge is 0.410 e. The van der Waals surface area contributed by atoms with Crippen LogP contribution in [-0.4, -0.2) is 40.6 Å². The van der Waals surface area contributed by atoms with Crippen LogP contribution in [0, 0.1) is 5.92 Å². The van der Waals surface area contributed by atoms with Crippen LogP contribution < -0.4 is 5.32 Å². The van der Waals surface area contributed by atoms with Gasteiger partial charge < -0.3 is 15.0 Å². The van der Waals surface area contributed by atoms with Crippen molar-refractivity contribution in [2.24, 2.45) is 5.92 Å². The zero-order chi connectivity index (χ0) is 16.3. The molecular weight excluding hydrogens is 350 g/mol. The van der Waals surface area contributed by atoms with Gasteiger partial charge in [0.05, 0.1) is 5.92 Å². The molecule has 1 atom stereocenters. The number of aromatic nitrogens is 1. The molecule has 1 fully saturated rings. The Bertz CT molecular complexity index is 554. The second kappa shape index (κ2) is 6.64. The highest BCUT2D eigenvalue weighted by Crippen LogP contribution is 2.21. The predicted octanol–water partition coefficient (Wildman–Crippen LogP) is 3.04. The van der Waals surface area contributed by atoms with Crippen molar-refractivity contribution in [1.82, 2.24) is 9.88 Å². The van der Waals surface area contributed by atoms with Crippen LogP contribution in [0.4, 0.5) is 10.6 Å². The van der Waals surface area contributed by atoms with E-state index in [9.17, 15) is 9.59 Å². The second-order valence-electron chi connectivity index (χ2n) is 6.26. The van der Waals surface area contributed by atoms with Crippen molar-refractivity contribution in [3.63, 3.8) is 0 Å². The van der Waals surface area contributed by atoms with Gasteiger partial charge in [-0.25, -0.2) is 9.78 Å². The first-order valence-electron chi connectivity index (χ1n) is 7.15. The van der Waals surface area contributed by atoms with Gasteiger partial charge in [0.1, 0.15) is 11.4 Å². The van der Waals surface area contributed by atoms with E-state index in [0.717, 1.165) is 4.47 Å². The van der Waals surface area contributed by atoms with Crippen molar-refractivity contribution in [3.05, 3.63) is 22.8 Å². The largest absolute Gasteiger partial charge is 0.444 e. The summed E-state index contributed by atoms with van der Waals surface area (Å²) in [6.45, 7) is 6.37. The molecule has 1 N–H and O–H groups in total. The predicted molar refractivity (Wildman–Crippen MR) is 86.5 cm³/mol. The number of likely N-dealkylation sites (tertiary alicyclic amines) is 1. The normalized spacial score (nSPS) is 18.2. The fourth-order valence-corrected chi connectivity index (χ4v) is 2.38. The van der Waals surface area contributed by atoms with Crippen molar-refractivity contribution in [3.8, 4) is 0 Å². The van der Waals surface area contributed by atoms with Gasteiger partial charge >= 0.3 is 6.09 Å². The summed E-state index contributed by atoms with van der Waals surface area (Å²) in [6, 6.07) is 3.53. The molecule has 6 nitrogen and oxygen atoms in total. The van der Waals surface area contributed by atoms with Gasteiger partial charge in [-0.15, -0.1) is 0 Å². The van der Waals surface area contributed by atoms with Crippen LogP contribution in [0.3, 0.4) is 0 Å². The Morgan fingerprint density at radius 1 is 1.41 bits per heavy atom. The molecule has 2 rings (SSSR count). The zero-order valence-electron chi connectivity index (χ0n) is 12.9. The summed E-state index contributed by atoms with van der Waals surface area (Å²) in [6.07, 6.45) is 1.88. The highest BCUT2D eigenvalue weighted by atomic mass is 79.9. The quantitative estimate of drug-likeness (QED) is 0.869. The van der Waals surface area contributed by atoms with Crippen molar-refractivity contribution < 1.29 is 14.3 Å². The minimum absolute atomic E-state index is 0.124. The average Bonchev–Trinajstić information content (AvgIpc) is 2.89. The first-order chi connectivity index (χ1) is 10.2. The van der Waals surface area contributed by atoms with Gasteiger partial charge in [-0.2, -0.15) is 0 Å². The Morgan fingerprint density at radius 2 is 2.14 bits per heavy atom. The molecule has 2 heterocycles. The number of rotatable bonds is 2. The van der Waals surface area contributed by atoms with Crippen LogP contribution in [-0.2, 0) is 9.53 Å². The van der Waals surface area contributed by atoms with Crippen molar-refractivity contribution in [2.75, 3.05) is 18.4 Å². The lowest BCUT2D eigenvalue weighted by molar-refractivity contribution is -0.119. The lowest BCUT2D eigenvalue weighted by Crippen LogP contribution is -2.36. The summed E-state index contributed by atoms with van der Waals surface area (Å²) in [7, 11) is 0. The topological polar surface area (TPSA) is 71.5 Å². The maximum Gasteiger partial charge on any atom is 0.410 e. The fraction of sp³-hybridized carbons (Fsp3) is 0.533. The lowest BCUT2D eigenvalue weighted by atomic mass is 10.1. The third-order valence-electron chi connectivity index (χ3n) is 3.19. The minimum atomic E-state index is -0.529. The number of halogens is 1. The van der Waals surface area contributed by atoms with Gasteiger partial charge in [-0.3, -0.25) is 4.79 Å². The summed E-state index contributed by atoms with van der Waals surface area (Å²) in [4.78, 5) is 29.9. The van der Waals surface area contributed by atoms with Crippen LogP contribution in [0.2, 0.25) is 0 Å². The number of carbonyl (C=O) groups excluding carboxylic acids is 2. The molecule has 1 unspecified atom stereocenters. The number of anilines is 1. The highest BCUT2D eigenvalue weighted by Gasteiger charge is 2.33. The molecule has 120 valence electrons. The summed E-state index contributed by atoms with van der Waals surface area (Å²) < 4.78 is 6.17.